The van der Waals surface area contributed by atoms with Gasteiger partial charge in [0.2, 0.25) is 5.54 Å². The van der Waals surface area contributed by atoms with Crippen molar-refractivity contribution in [3.05, 3.63) is 0 Å². The van der Waals surface area contributed by atoms with Gasteiger partial charge in [-0.1, -0.05) is 0 Å². The van der Waals surface area contributed by atoms with E-state index in [-0.39, 0.29) is 26.1 Å². The van der Waals surface area contributed by atoms with E-state index in [1.165, 1.54) is 12.2 Å². The molecule has 2 aliphatic heterocycles. The number of hydrogen-bond donors (Lipinski definition) is 1. The van der Waals surface area contributed by atoms with Gasteiger partial charge in [0.05, 0.1) is 12.7 Å². The van der Waals surface area contributed by atoms with Gasteiger partial charge in [0.25, 0.3) is 0 Å². The van der Waals surface area contributed by atoms with E-state index in [4.69, 9.17) is 4.74 Å². The topological polar surface area (TPSA) is 57.5 Å². The van der Waals surface area contributed by atoms with Crippen molar-refractivity contribution in [3.63, 3.8) is 0 Å². The lowest BCUT2D eigenvalue weighted by Crippen LogP contribution is -2.58. The van der Waals surface area contributed by atoms with Crippen LogP contribution in [0.2, 0.25) is 0 Å². The monoisotopic (exact) mass is 321 g/mol. The molecule has 122 valence electrons. The van der Waals surface area contributed by atoms with Crippen molar-refractivity contribution in [2.24, 2.45) is 0 Å². The molecule has 0 aromatic heterocycles. The largest absolute Gasteiger partial charge is 0.464 e. The van der Waals surface area contributed by atoms with Gasteiger partial charge < -0.3 is 9.47 Å². The Morgan fingerprint density at radius 1 is 1.29 bits per heavy atom. The van der Waals surface area contributed by atoms with Crippen LogP contribution in [0.15, 0.2) is 0 Å². The zero-order valence-corrected chi connectivity index (χ0v) is 10.9. The first-order valence-corrected chi connectivity index (χ1v) is 6.26. The van der Waals surface area contributed by atoms with E-state index in [9.17, 15) is 31.1 Å². The van der Waals surface area contributed by atoms with E-state index < -0.39 is 35.5 Å². The van der Waals surface area contributed by atoms with Gasteiger partial charge in [0.1, 0.15) is 0 Å². The Kier molecular flexibility index (Phi) is 3.68. The molecule has 0 amide bonds. The third-order valence-corrected chi connectivity index (χ3v) is 3.77. The molecule has 2 unspecified atom stereocenters. The van der Waals surface area contributed by atoms with Crippen LogP contribution in [0.25, 0.3) is 0 Å². The molecule has 0 aliphatic carbocycles. The number of nitrogens with one attached hydrogen (secondary N) is 1. The van der Waals surface area contributed by atoms with Crippen molar-refractivity contribution in [1.29, 1.82) is 0 Å². The summed E-state index contributed by atoms with van der Waals surface area (Å²) < 4.78 is 87.9. The van der Waals surface area contributed by atoms with Gasteiger partial charge in [0, 0.05) is 6.61 Å². The molecule has 1 N–H and O–H groups in total. The van der Waals surface area contributed by atoms with Crippen LogP contribution in [-0.4, -0.2) is 48.7 Å². The Labute approximate surface area is 115 Å². The quantitative estimate of drug-likeness (QED) is 0.490. The van der Waals surface area contributed by atoms with Crippen molar-refractivity contribution in [3.8, 4) is 0 Å². The summed E-state index contributed by atoms with van der Waals surface area (Å²) in [7, 11) is 0. The van der Waals surface area contributed by atoms with Gasteiger partial charge in [-0.05, 0) is 19.8 Å². The van der Waals surface area contributed by atoms with Crippen LogP contribution < -0.4 is 5.32 Å². The highest BCUT2D eigenvalue weighted by Gasteiger charge is 2.96. The Morgan fingerprint density at radius 3 is 2.19 bits per heavy atom. The summed E-state index contributed by atoms with van der Waals surface area (Å²) in [5.74, 6) is -1.59. The first kappa shape index (κ1) is 16.3. The number of hydrogen-bond acceptors (Lipinski definition) is 4. The summed E-state index contributed by atoms with van der Waals surface area (Å²) in [6, 6.07) is 0. The molecule has 2 aliphatic rings. The lowest BCUT2D eigenvalue weighted by atomic mass is 9.85. The van der Waals surface area contributed by atoms with Gasteiger partial charge in [0.15, 0.2) is 5.54 Å². The molecule has 21 heavy (non-hydrogen) atoms. The van der Waals surface area contributed by atoms with Crippen molar-refractivity contribution < 1.29 is 40.6 Å². The lowest BCUT2D eigenvalue weighted by molar-refractivity contribution is -0.274. The Morgan fingerprint density at radius 2 is 1.86 bits per heavy atom. The number of ether oxygens (including phenoxy) is 2. The number of carbonyl (C=O) groups is 1. The Balaban J connectivity index is 2.50. The minimum Gasteiger partial charge on any atom is -0.464 e. The Hall–Kier alpha value is -1.03. The summed E-state index contributed by atoms with van der Waals surface area (Å²) in [5.41, 5.74) is -7.29. The standard InChI is InChI=1S/C11H13F6NO3/c1-2-20-7(19)8(6-4-3-5-21-6)9(18-8,10(12,13)14)11(15,16)17/h6,18H,2-5H2,1H3. The molecule has 2 heterocycles. The molecule has 0 aromatic carbocycles. The van der Waals surface area contributed by atoms with Crippen molar-refractivity contribution >= 4 is 5.97 Å². The molecular weight excluding hydrogens is 308 g/mol. The average Bonchev–Trinajstić information content (AvgIpc) is 2.81. The van der Waals surface area contributed by atoms with E-state index in [0.717, 1.165) is 0 Å². The molecular formula is C11H13F6NO3. The Bertz CT molecular complexity index is 415. The lowest BCUT2D eigenvalue weighted by Gasteiger charge is -2.28. The molecule has 2 fully saturated rings. The van der Waals surface area contributed by atoms with E-state index in [0.29, 0.717) is 0 Å². The van der Waals surface area contributed by atoms with Crippen LogP contribution in [-0.2, 0) is 14.3 Å². The van der Waals surface area contributed by atoms with Gasteiger partial charge in [-0.2, -0.15) is 26.3 Å². The number of alkyl halides is 6. The maximum Gasteiger partial charge on any atom is 0.418 e. The van der Waals surface area contributed by atoms with Crippen LogP contribution in [0.5, 0.6) is 0 Å². The summed E-state index contributed by atoms with van der Waals surface area (Å²) in [4.78, 5) is 11.9. The van der Waals surface area contributed by atoms with E-state index in [1.807, 2.05) is 0 Å². The highest BCUT2D eigenvalue weighted by atomic mass is 19.4. The zero-order chi connectivity index (χ0) is 16.1. The van der Waals surface area contributed by atoms with E-state index >= 15 is 0 Å². The SMILES string of the molecule is CCOC(=O)C1(C2CCCO2)NC1(C(F)(F)F)C(F)(F)F. The molecule has 0 aromatic rings. The van der Waals surface area contributed by atoms with Crippen LogP contribution >= 0.6 is 0 Å². The van der Waals surface area contributed by atoms with Crippen LogP contribution in [0.1, 0.15) is 19.8 Å². The average molecular weight is 321 g/mol. The van der Waals surface area contributed by atoms with E-state index in [2.05, 4.69) is 4.74 Å². The summed E-state index contributed by atoms with van der Waals surface area (Å²) in [6.07, 6.45) is -12.7. The van der Waals surface area contributed by atoms with Gasteiger partial charge in [-0.25, -0.2) is 4.79 Å². The summed E-state index contributed by atoms with van der Waals surface area (Å²) in [6.45, 7) is 0.965. The summed E-state index contributed by atoms with van der Waals surface area (Å²) in [5, 5.41) is 1.35. The molecule has 2 rings (SSSR count). The van der Waals surface area contributed by atoms with Crippen LogP contribution in [0, 0.1) is 0 Å². The molecule has 2 saturated heterocycles. The number of halogens is 6. The third-order valence-electron chi connectivity index (χ3n) is 3.77. The van der Waals surface area contributed by atoms with Crippen molar-refractivity contribution in [1.82, 2.24) is 5.32 Å². The zero-order valence-electron chi connectivity index (χ0n) is 10.9. The van der Waals surface area contributed by atoms with Crippen molar-refractivity contribution in [2.75, 3.05) is 13.2 Å². The highest BCUT2D eigenvalue weighted by molar-refractivity contribution is 5.90. The molecule has 0 spiro atoms. The normalized spacial score (nSPS) is 32.0. The molecule has 0 saturated carbocycles. The van der Waals surface area contributed by atoms with E-state index in [1.54, 1.807) is 0 Å². The van der Waals surface area contributed by atoms with Gasteiger partial charge >= 0.3 is 18.3 Å². The molecule has 0 radical (unpaired) electrons. The minimum atomic E-state index is -5.70. The fourth-order valence-corrected chi connectivity index (χ4v) is 2.84. The first-order valence-electron chi connectivity index (χ1n) is 6.26. The van der Waals surface area contributed by atoms with Crippen LogP contribution in [0.4, 0.5) is 26.3 Å². The molecule has 4 nitrogen and oxygen atoms in total. The smallest absolute Gasteiger partial charge is 0.418 e. The second-order valence-corrected chi connectivity index (χ2v) is 4.90. The highest BCUT2D eigenvalue weighted by Crippen LogP contribution is 2.62. The van der Waals surface area contributed by atoms with Crippen LogP contribution in [0.3, 0.4) is 0 Å². The first-order chi connectivity index (χ1) is 9.54. The fraction of sp³-hybridized carbons (Fsp3) is 0.909. The molecule has 2 atom stereocenters. The fourth-order valence-electron chi connectivity index (χ4n) is 2.84. The second-order valence-electron chi connectivity index (χ2n) is 4.90. The predicted molar refractivity (Wildman–Crippen MR) is 56.3 cm³/mol. The number of rotatable bonds is 3. The third kappa shape index (κ3) is 2.02. The maximum atomic E-state index is 13.1. The number of esters is 1. The second kappa shape index (κ2) is 4.73. The predicted octanol–water partition coefficient (Wildman–Crippen LogP) is 1.93. The summed E-state index contributed by atoms with van der Waals surface area (Å²) >= 11 is 0. The van der Waals surface area contributed by atoms with Gasteiger partial charge in [-0.15, -0.1) is 0 Å². The molecule has 10 heteroatoms. The van der Waals surface area contributed by atoms with Gasteiger partial charge in [-0.3, -0.25) is 5.32 Å². The van der Waals surface area contributed by atoms with Crippen molar-refractivity contribution in [2.45, 2.75) is 49.3 Å². The minimum absolute atomic E-state index is 0.000698. The number of carbonyl (C=O) groups excluding carboxylic acids is 1. The maximum absolute atomic E-state index is 13.1. The molecule has 0 bridgehead atoms.